The maximum Gasteiger partial charge on any atom is 0.312 e. The van der Waals surface area contributed by atoms with Crippen LogP contribution in [0.4, 0.5) is 5.69 Å². The number of aliphatic hydroxyl groups excluding tert-OH is 1. The molecule has 5 nitrogen and oxygen atoms in total. The number of nitriles is 1. The molecule has 0 radical (unpaired) electrons. The summed E-state index contributed by atoms with van der Waals surface area (Å²) < 4.78 is 5.74. The topological polar surface area (TPSA) is 68.8 Å². The molecule has 5 heteroatoms. The monoisotopic (exact) mass is 295 g/mol. The number of benzene rings is 2. The van der Waals surface area contributed by atoms with Gasteiger partial charge in [-0.15, -0.1) is 4.99 Å². The molecule has 0 aliphatic heterocycles. The first kappa shape index (κ1) is 15.5. The SMILES string of the molecule is N#C/N=C(\Oc1ccccc1)N(CCCO)c1ccccc1. The molecule has 2 aromatic rings. The van der Waals surface area contributed by atoms with Gasteiger partial charge in [-0.25, -0.2) is 0 Å². The zero-order chi connectivity index (χ0) is 15.6. The van der Waals surface area contributed by atoms with Gasteiger partial charge in [-0.1, -0.05) is 36.4 Å². The lowest BCUT2D eigenvalue weighted by Crippen LogP contribution is -2.36. The van der Waals surface area contributed by atoms with Crippen molar-refractivity contribution in [2.45, 2.75) is 6.42 Å². The summed E-state index contributed by atoms with van der Waals surface area (Å²) >= 11 is 0. The number of hydrogen-bond acceptors (Lipinski definition) is 4. The van der Waals surface area contributed by atoms with E-state index < -0.39 is 0 Å². The van der Waals surface area contributed by atoms with E-state index >= 15 is 0 Å². The number of amidine groups is 1. The van der Waals surface area contributed by atoms with E-state index in [1.807, 2.05) is 48.5 Å². The average Bonchev–Trinajstić information content (AvgIpc) is 2.57. The van der Waals surface area contributed by atoms with Crippen molar-refractivity contribution in [1.29, 1.82) is 5.26 Å². The quantitative estimate of drug-likeness (QED) is 0.523. The lowest BCUT2D eigenvalue weighted by atomic mass is 10.3. The zero-order valence-electron chi connectivity index (χ0n) is 12.1. The molecule has 0 spiro atoms. The van der Waals surface area contributed by atoms with Gasteiger partial charge in [0.1, 0.15) is 5.75 Å². The van der Waals surface area contributed by atoms with Crippen molar-refractivity contribution < 1.29 is 9.84 Å². The van der Waals surface area contributed by atoms with Crippen LogP contribution in [0.1, 0.15) is 6.42 Å². The van der Waals surface area contributed by atoms with Crippen molar-refractivity contribution >= 4 is 11.7 Å². The molecule has 0 saturated carbocycles. The Labute approximate surface area is 129 Å². The van der Waals surface area contributed by atoms with Gasteiger partial charge < -0.3 is 9.84 Å². The molecule has 0 aromatic heterocycles. The highest BCUT2D eigenvalue weighted by molar-refractivity contribution is 5.93. The summed E-state index contributed by atoms with van der Waals surface area (Å²) in [5.41, 5.74) is 0.848. The maximum atomic E-state index is 9.09. The smallest absolute Gasteiger partial charge is 0.312 e. The predicted molar refractivity (Wildman–Crippen MR) is 85.6 cm³/mol. The Bertz CT molecular complexity index is 636. The Morgan fingerprint density at radius 1 is 1.09 bits per heavy atom. The maximum absolute atomic E-state index is 9.09. The van der Waals surface area contributed by atoms with Crippen LogP contribution in [-0.2, 0) is 0 Å². The number of para-hydroxylation sites is 2. The third-order valence-electron chi connectivity index (χ3n) is 2.94. The van der Waals surface area contributed by atoms with Gasteiger partial charge in [-0.2, -0.15) is 5.26 Å². The first-order valence-electron chi connectivity index (χ1n) is 6.98. The molecule has 0 fully saturated rings. The summed E-state index contributed by atoms with van der Waals surface area (Å²) in [6.45, 7) is 0.544. The third-order valence-corrected chi connectivity index (χ3v) is 2.94. The normalized spacial score (nSPS) is 10.8. The molecule has 0 unspecified atom stereocenters. The predicted octanol–water partition coefficient (Wildman–Crippen LogP) is 2.79. The lowest BCUT2D eigenvalue weighted by molar-refractivity contribution is 0.290. The van der Waals surface area contributed by atoms with Crippen LogP contribution in [0.3, 0.4) is 0 Å². The summed E-state index contributed by atoms with van der Waals surface area (Å²) in [5.74, 6) is 0.599. The van der Waals surface area contributed by atoms with E-state index in [2.05, 4.69) is 4.99 Å². The fourth-order valence-corrected chi connectivity index (χ4v) is 1.95. The molecule has 0 aliphatic rings. The molecule has 0 bridgehead atoms. The summed E-state index contributed by atoms with van der Waals surface area (Å²) in [7, 11) is 0. The van der Waals surface area contributed by atoms with Gasteiger partial charge in [0.25, 0.3) is 0 Å². The van der Waals surface area contributed by atoms with Gasteiger partial charge in [0.2, 0.25) is 6.19 Å². The molecule has 0 heterocycles. The third kappa shape index (κ3) is 4.33. The van der Waals surface area contributed by atoms with E-state index in [9.17, 15) is 0 Å². The number of aliphatic imine (C=N–C) groups is 1. The molecule has 2 aromatic carbocycles. The second-order valence-electron chi connectivity index (χ2n) is 4.47. The van der Waals surface area contributed by atoms with Crippen LogP contribution in [0.25, 0.3) is 0 Å². The first-order chi connectivity index (χ1) is 10.8. The second-order valence-corrected chi connectivity index (χ2v) is 4.47. The molecule has 0 aliphatic carbocycles. The lowest BCUT2D eigenvalue weighted by Gasteiger charge is -2.24. The van der Waals surface area contributed by atoms with Crippen LogP contribution >= 0.6 is 0 Å². The van der Waals surface area contributed by atoms with E-state index in [4.69, 9.17) is 15.1 Å². The minimum atomic E-state index is 0.0501. The first-order valence-corrected chi connectivity index (χ1v) is 6.98. The minimum Gasteiger partial charge on any atom is -0.425 e. The summed E-state index contributed by atoms with van der Waals surface area (Å²) in [4.78, 5) is 5.56. The Morgan fingerprint density at radius 3 is 2.32 bits per heavy atom. The van der Waals surface area contributed by atoms with Crippen molar-refractivity contribution in [2.75, 3.05) is 18.1 Å². The number of anilines is 1. The number of rotatable bonds is 5. The highest BCUT2D eigenvalue weighted by atomic mass is 16.5. The second kappa shape index (κ2) is 8.45. The number of nitrogens with zero attached hydrogens (tertiary/aromatic N) is 3. The fourth-order valence-electron chi connectivity index (χ4n) is 1.95. The van der Waals surface area contributed by atoms with Crippen molar-refractivity contribution in [1.82, 2.24) is 0 Å². The molecule has 2 rings (SSSR count). The Kier molecular flexibility index (Phi) is 5.97. The molecule has 0 atom stereocenters. The Morgan fingerprint density at radius 2 is 1.73 bits per heavy atom. The fraction of sp³-hybridized carbons (Fsp3) is 0.176. The van der Waals surface area contributed by atoms with Gasteiger partial charge in [-0.05, 0) is 30.7 Å². The van der Waals surface area contributed by atoms with Gasteiger partial charge in [0.05, 0.1) is 0 Å². The summed E-state index contributed by atoms with van der Waals surface area (Å²) in [6.07, 6.45) is 2.31. The van der Waals surface area contributed by atoms with Crippen LogP contribution in [0, 0.1) is 11.5 Å². The largest absolute Gasteiger partial charge is 0.425 e. The van der Waals surface area contributed by atoms with Crippen LogP contribution < -0.4 is 9.64 Å². The Hall–Kier alpha value is -2.84. The molecule has 1 N–H and O–H groups in total. The summed E-state index contributed by atoms with van der Waals surface area (Å²) in [6, 6.07) is 18.9. The van der Waals surface area contributed by atoms with Gasteiger partial charge in [0, 0.05) is 18.8 Å². The highest BCUT2D eigenvalue weighted by Gasteiger charge is 2.16. The number of hydrogen-bond donors (Lipinski definition) is 1. The van der Waals surface area contributed by atoms with Crippen molar-refractivity contribution in [2.24, 2.45) is 4.99 Å². The van der Waals surface area contributed by atoms with Crippen LogP contribution in [0.15, 0.2) is 65.7 Å². The van der Waals surface area contributed by atoms with E-state index in [-0.39, 0.29) is 12.6 Å². The summed E-state index contributed by atoms with van der Waals surface area (Å²) in [5, 5.41) is 18.0. The highest BCUT2D eigenvalue weighted by Crippen LogP contribution is 2.17. The van der Waals surface area contributed by atoms with Gasteiger partial charge >= 0.3 is 6.02 Å². The van der Waals surface area contributed by atoms with Crippen LogP contribution in [0.2, 0.25) is 0 Å². The van der Waals surface area contributed by atoms with Crippen LogP contribution in [-0.4, -0.2) is 24.3 Å². The number of ether oxygens (including phenoxy) is 1. The van der Waals surface area contributed by atoms with Gasteiger partial charge in [0.15, 0.2) is 0 Å². The van der Waals surface area contributed by atoms with E-state index in [0.717, 1.165) is 5.69 Å². The molecular weight excluding hydrogens is 278 g/mol. The standard InChI is InChI=1S/C17H17N3O2/c18-14-19-17(22-16-10-5-2-6-11-16)20(12-7-13-21)15-8-3-1-4-9-15/h1-6,8-11,21H,7,12-13H2/b19-17-. The number of aliphatic hydroxyl groups is 1. The average molecular weight is 295 g/mol. The Balaban J connectivity index is 2.29. The molecule has 22 heavy (non-hydrogen) atoms. The minimum absolute atomic E-state index is 0.0501. The van der Waals surface area contributed by atoms with E-state index in [1.54, 1.807) is 23.2 Å². The van der Waals surface area contributed by atoms with Crippen molar-refractivity contribution in [3.05, 3.63) is 60.7 Å². The zero-order valence-corrected chi connectivity index (χ0v) is 12.1. The van der Waals surface area contributed by atoms with E-state index in [0.29, 0.717) is 18.7 Å². The van der Waals surface area contributed by atoms with Crippen molar-refractivity contribution in [3.63, 3.8) is 0 Å². The van der Waals surface area contributed by atoms with E-state index in [1.165, 1.54) is 0 Å². The van der Waals surface area contributed by atoms with Crippen LogP contribution in [0.5, 0.6) is 5.75 Å². The molecule has 112 valence electrons. The molecular formula is C17H17N3O2. The molecule has 0 amide bonds. The van der Waals surface area contributed by atoms with Crippen molar-refractivity contribution in [3.8, 4) is 11.9 Å². The van der Waals surface area contributed by atoms with Gasteiger partial charge in [-0.3, -0.25) is 4.90 Å². The molecule has 0 saturated heterocycles.